The van der Waals surface area contributed by atoms with Gasteiger partial charge >= 0.3 is 0 Å². The predicted molar refractivity (Wildman–Crippen MR) is 54.7 cm³/mol. The maximum absolute atomic E-state index is 11.6. The van der Waals surface area contributed by atoms with Crippen LogP contribution in [0.1, 0.15) is 32.1 Å². The number of rotatable bonds is 7. The van der Waals surface area contributed by atoms with Crippen molar-refractivity contribution >= 4 is 5.91 Å². The number of hydrogen-bond acceptors (Lipinski definition) is 3. The average Bonchev–Trinajstić information content (AvgIpc) is 2.98. The molecule has 1 amide bonds. The van der Waals surface area contributed by atoms with Gasteiger partial charge in [0, 0.05) is 19.7 Å². The van der Waals surface area contributed by atoms with E-state index in [4.69, 9.17) is 10.8 Å². The number of unbranched alkanes of at least 4 members (excludes halogenated alkanes) is 2. The van der Waals surface area contributed by atoms with E-state index in [2.05, 4.69) is 5.32 Å². The fraction of sp³-hybridized carbons (Fsp3) is 0.900. The van der Waals surface area contributed by atoms with E-state index < -0.39 is 0 Å². The van der Waals surface area contributed by atoms with Crippen molar-refractivity contribution in [3.63, 3.8) is 0 Å². The van der Waals surface area contributed by atoms with Crippen molar-refractivity contribution in [2.75, 3.05) is 19.7 Å². The van der Waals surface area contributed by atoms with Crippen LogP contribution in [0.2, 0.25) is 0 Å². The second-order valence-electron chi connectivity index (χ2n) is 4.02. The van der Waals surface area contributed by atoms with Crippen molar-refractivity contribution < 1.29 is 9.90 Å². The Morgan fingerprint density at radius 3 is 2.57 bits per heavy atom. The third-order valence-corrected chi connectivity index (χ3v) is 2.85. The quantitative estimate of drug-likeness (QED) is 0.506. The Balaban J connectivity index is 2.04. The topological polar surface area (TPSA) is 75.4 Å². The Morgan fingerprint density at radius 2 is 2.07 bits per heavy atom. The third kappa shape index (κ3) is 2.96. The Kier molecular flexibility index (Phi) is 4.35. The summed E-state index contributed by atoms with van der Waals surface area (Å²) in [6, 6.07) is 0. The highest BCUT2D eigenvalue weighted by molar-refractivity contribution is 5.85. The summed E-state index contributed by atoms with van der Waals surface area (Å²) in [5.41, 5.74) is 5.30. The van der Waals surface area contributed by atoms with Gasteiger partial charge in [-0.3, -0.25) is 4.79 Å². The summed E-state index contributed by atoms with van der Waals surface area (Å²) >= 11 is 0. The van der Waals surface area contributed by atoms with Gasteiger partial charge in [-0.25, -0.2) is 0 Å². The molecule has 82 valence electrons. The van der Waals surface area contributed by atoms with Gasteiger partial charge in [-0.05, 0) is 32.1 Å². The molecule has 0 saturated heterocycles. The fourth-order valence-corrected chi connectivity index (χ4v) is 1.48. The van der Waals surface area contributed by atoms with Crippen LogP contribution < -0.4 is 11.1 Å². The van der Waals surface area contributed by atoms with E-state index in [0.29, 0.717) is 13.1 Å². The SMILES string of the molecule is NCC1(C(=O)NCCCCCO)CC1. The zero-order valence-corrected chi connectivity index (χ0v) is 8.59. The van der Waals surface area contributed by atoms with Gasteiger partial charge in [0.15, 0.2) is 0 Å². The van der Waals surface area contributed by atoms with Gasteiger partial charge in [0.2, 0.25) is 5.91 Å². The summed E-state index contributed by atoms with van der Waals surface area (Å²) in [4.78, 5) is 11.6. The minimum absolute atomic E-state index is 0.115. The number of carbonyl (C=O) groups is 1. The Morgan fingerprint density at radius 1 is 1.36 bits per heavy atom. The van der Waals surface area contributed by atoms with Crippen molar-refractivity contribution in [1.82, 2.24) is 5.32 Å². The zero-order valence-electron chi connectivity index (χ0n) is 8.59. The molecule has 0 bridgehead atoms. The molecule has 0 unspecified atom stereocenters. The zero-order chi connectivity index (χ0) is 10.4. The first-order valence-electron chi connectivity index (χ1n) is 5.34. The molecule has 0 spiro atoms. The van der Waals surface area contributed by atoms with Gasteiger partial charge in [-0.1, -0.05) is 0 Å². The first-order valence-corrected chi connectivity index (χ1v) is 5.34. The predicted octanol–water partition coefficient (Wildman–Crippen LogP) is 0.00410. The molecule has 4 heteroatoms. The number of hydrogen-bond donors (Lipinski definition) is 3. The standard InChI is InChI=1S/C10H20N2O2/c11-8-10(4-5-10)9(14)12-6-2-1-3-7-13/h13H,1-8,11H2,(H,12,14). The van der Waals surface area contributed by atoms with Gasteiger partial charge in [0.05, 0.1) is 5.41 Å². The summed E-state index contributed by atoms with van der Waals surface area (Å²) in [5.74, 6) is 0.115. The van der Waals surface area contributed by atoms with Crippen molar-refractivity contribution in [1.29, 1.82) is 0 Å². The lowest BCUT2D eigenvalue weighted by Crippen LogP contribution is -2.37. The van der Waals surface area contributed by atoms with E-state index in [9.17, 15) is 4.79 Å². The molecule has 0 atom stereocenters. The molecule has 0 radical (unpaired) electrons. The van der Waals surface area contributed by atoms with Crippen LogP contribution in [-0.4, -0.2) is 30.7 Å². The molecule has 14 heavy (non-hydrogen) atoms. The van der Waals surface area contributed by atoms with Crippen LogP contribution in [0.4, 0.5) is 0 Å². The highest BCUT2D eigenvalue weighted by Crippen LogP contribution is 2.44. The number of aliphatic hydroxyl groups is 1. The van der Waals surface area contributed by atoms with E-state index in [1.54, 1.807) is 0 Å². The molecular weight excluding hydrogens is 180 g/mol. The molecule has 1 fully saturated rings. The van der Waals surface area contributed by atoms with Gasteiger partial charge in [0.25, 0.3) is 0 Å². The Labute approximate surface area is 84.9 Å². The van der Waals surface area contributed by atoms with Crippen LogP contribution in [-0.2, 0) is 4.79 Å². The van der Waals surface area contributed by atoms with Crippen LogP contribution in [0.5, 0.6) is 0 Å². The molecule has 4 N–H and O–H groups in total. The van der Waals surface area contributed by atoms with E-state index in [1.165, 1.54) is 0 Å². The highest BCUT2D eigenvalue weighted by atomic mass is 16.2. The summed E-state index contributed by atoms with van der Waals surface area (Å²) in [5, 5.41) is 11.4. The largest absolute Gasteiger partial charge is 0.396 e. The van der Waals surface area contributed by atoms with Crippen LogP contribution in [0.3, 0.4) is 0 Å². The molecule has 1 saturated carbocycles. The minimum Gasteiger partial charge on any atom is -0.396 e. The summed E-state index contributed by atoms with van der Waals surface area (Å²) < 4.78 is 0. The molecule has 1 rings (SSSR count). The lowest BCUT2D eigenvalue weighted by molar-refractivity contribution is -0.125. The number of nitrogens with one attached hydrogen (secondary N) is 1. The second kappa shape index (κ2) is 5.32. The number of nitrogens with two attached hydrogens (primary N) is 1. The van der Waals surface area contributed by atoms with Crippen LogP contribution in [0.15, 0.2) is 0 Å². The molecule has 0 aromatic carbocycles. The van der Waals surface area contributed by atoms with E-state index >= 15 is 0 Å². The fourth-order valence-electron chi connectivity index (χ4n) is 1.48. The molecule has 4 nitrogen and oxygen atoms in total. The van der Waals surface area contributed by atoms with Crippen molar-refractivity contribution in [2.24, 2.45) is 11.1 Å². The molecule has 1 aliphatic carbocycles. The van der Waals surface area contributed by atoms with Gasteiger partial charge < -0.3 is 16.2 Å². The summed E-state index contributed by atoms with van der Waals surface area (Å²) in [6.45, 7) is 1.41. The molecule has 1 aliphatic rings. The van der Waals surface area contributed by atoms with E-state index in [-0.39, 0.29) is 17.9 Å². The van der Waals surface area contributed by atoms with Crippen molar-refractivity contribution in [3.8, 4) is 0 Å². The van der Waals surface area contributed by atoms with E-state index in [0.717, 1.165) is 32.1 Å². The Hall–Kier alpha value is -0.610. The first-order chi connectivity index (χ1) is 6.75. The monoisotopic (exact) mass is 200 g/mol. The molecule has 0 heterocycles. The first kappa shape index (κ1) is 11.5. The average molecular weight is 200 g/mol. The Bertz CT molecular complexity index is 191. The lowest BCUT2D eigenvalue weighted by Gasteiger charge is -2.12. The molecule has 0 aromatic heterocycles. The van der Waals surface area contributed by atoms with Crippen LogP contribution in [0.25, 0.3) is 0 Å². The minimum atomic E-state index is -0.225. The molecular formula is C10H20N2O2. The van der Waals surface area contributed by atoms with Crippen molar-refractivity contribution in [2.45, 2.75) is 32.1 Å². The number of aliphatic hydroxyl groups excluding tert-OH is 1. The number of carbonyl (C=O) groups excluding carboxylic acids is 1. The van der Waals surface area contributed by atoms with Crippen molar-refractivity contribution in [3.05, 3.63) is 0 Å². The van der Waals surface area contributed by atoms with Gasteiger partial charge in [0.1, 0.15) is 0 Å². The summed E-state index contributed by atoms with van der Waals surface area (Å²) in [6.07, 6.45) is 4.59. The lowest BCUT2D eigenvalue weighted by atomic mass is 10.1. The second-order valence-corrected chi connectivity index (χ2v) is 4.02. The highest BCUT2D eigenvalue weighted by Gasteiger charge is 2.48. The number of amides is 1. The smallest absolute Gasteiger partial charge is 0.227 e. The molecule has 0 aromatic rings. The molecule has 0 aliphatic heterocycles. The van der Waals surface area contributed by atoms with Gasteiger partial charge in [-0.2, -0.15) is 0 Å². The van der Waals surface area contributed by atoms with Gasteiger partial charge in [-0.15, -0.1) is 0 Å². The third-order valence-electron chi connectivity index (χ3n) is 2.85. The summed E-state index contributed by atoms with van der Waals surface area (Å²) in [7, 11) is 0. The maximum Gasteiger partial charge on any atom is 0.227 e. The normalized spacial score (nSPS) is 17.9. The maximum atomic E-state index is 11.6. The van der Waals surface area contributed by atoms with Crippen LogP contribution >= 0.6 is 0 Å². The van der Waals surface area contributed by atoms with Crippen LogP contribution in [0, 0.1) is 5.41 Å². The van der Waals surface area contributed by atoms with E-state index in [1.807, 2.05) is 0 Å².